The van der Waals surface area contributed by atoms with Crippen LogP contribution in [0.4, 0.5) is 0 Å². The number of nitrogens with two attached hydrogens (primary N) is 1. The smallest absolute Gasteiger partial charge is 0.238 e. The Balaban J connectivity index is 2.29. The van der Waals surface area contributed by atoms with E-state index in [1.165, 1.54) is 0 Å². The van der Waals surface area contributed by atoms with Crippen molar-refractivity contribution < 1.29 is 8.42 Å². The molecule has 1 fully saturated rings. The predicted octanol–water partition coefficient (Wildman–Crippen LogP) is 0.0959. The zero-order valence-corrected chi connectivity index (χ0v) is 9.13. The molecule has 2 rings (SSSR count). The summed E-state index contributed by atoms with van der Waals surface area (Å²) in [5.41, 5.74) is 0.825. The summed E-state index contributed by atoms with van der Waals surface area (Å²) in [6.07, 6.45) is 0.777. The van der Waals surface area contributed by atoms with Crippen molar-refractivity contribution in [2.45, 2.75) is 11.3 Å². The summed E-state index contributed by atoms with van der Waals surface area (Å²) in [7, 11) is -3.58. The third-order valence-corrected chi connectivity index (χ3v) is 3.67. The Hall–Kier alpha value is -0.910. The molecule has 82 valence electrons. The molecule has 0 aromatic heterocycles. The Kier molecular flexibility index (Phi) is 2.77. The molecule has 1 heterocycles. The molecule has 0 spiro atoms. The van der Waals surface area contributed by atoms with Gasteiger partial charge in [0.25, 0.3) is 0 Å². The third-order valence-electron chi connectivity index (χ3n) is 2.65. The van der Waals surface area contributed by atoms with E-state index in [-0.39, 0.29) is 4.90 Å². The van der Waals surface area contributed by atoms with Crippen molar-refractivity contribution in [2.75, 3.05) is 13.1 Å². The molecule has 0 saturated carbocycles. The number of hydrogen-bond donors (Lipinski definition) is 2. The van der Waals surface area contributed by atoms with E-state index in [2.05, 4.69) is 5.32 Å². The molecule has 15 heavy (non-hydrogen) atoms. The van der Waals surface area contributed by atoms with Crippen LogP contribution in [0.25, 0.3) is 0 Å². The first-order valence-corrected chi connectivity index (χ1v) is 6.43. The number of sulfonamides is 1. The molecule has 0 unspecified atom stereocenters. The Bertz CT molecular complexity index is 452. The maximum Gasteiger partial charge on any atom is 0.238 e. The van der Waals surface area contributed by atoms with E-state index in [1.54, 1.807) is 12.1 Å². The minimum absolute atomic E-state index is 0.261. The molecule has 4 nitrogen and oxygen atoms in total. The van der Waals surface area contributed by atoms with Gasteiger partial charge < -0.3 is 5.32 Å². The number of benzene rings is 1. The third kappa shape index (κ3) is 2.37. The Morgan fingerprint density at radius 3 is 2.53 bits per heavy atom. The van der Waals surface area contributed by atoms with Gasteiger partial charge >= 0.3 is 0 Å². The molecule has 1 saturated heterocycles. The lowest BCUT2D eigenvalue weighted by molar-refractivity contribution is 0.345. The standard InChI is InChI=1S/C10H14N2O2S/c11-15(13,14)10-4-2-1-3-9(10)5-8-6-12-7-8/h1-4,8,12H,5-7H2,(H2,11,13,14). The van der Waals surface area contributed by atoms with Gasteiger partial charge in [-0.15, -0.1) is 0 Å². The highest BCUT2D eigenvalue weighted by molar-refractivity contribution is 7.89. The molecular formula is C10H14N2O2S. The molecule has 0 atom stereocenters. The molecule has 3 N–H and O–H groups in total. The fraction of sp³-hybridized carbons (Fsp3) is 0.400. The molecule has 5 heteroatoms. The minimum atomic E-state index is -3.58. The fourth-order valence-corrected chi connectivity index (χ4v) is 2.54. The zero-order valence-electron chi connectivity index (χ0n) is 8.31. The van der Waals surface area contributed by atoms with Gasteiger partial charge in [-0.3, -0.25) is 0 Å². The summed E-state index contributed by atoms with van der Waals surface area (Å²) in [5, 5.41) is 8.31. The van der Waals surface area contributed by atoms with Gasteiger partial charge in [0.05, 0.1) is 4.90 Å². The van der Waals surface area contributed by atoms with Gasteiger partial charge in [0, 0.05) is 0 Å². The van der Waals surface area contributed by atoms with E-state index in [4.69, 9.17) is 5.14 Å². The lowest BCUT2D eigenvalue weighted by atomic mass is 9.94. The first kappa shape index (κ1) is 10.6. The van der Waals surface area contributed by atoms with E-state index in [9.17, 15) is 8.42 Å². The zero-order chi connectivity index (χ0) is 10.9. The van der Waals surface area contributed by atoms with Crippen LogP contribution < -0.4 is 10.5 Å². The van der Waals surface area contributed by atoms with Crippen molar-refractivity contribution in [3.63, 3.8) is 0 Å². The summed E-state index contributed by atoms with van der Waals surface area (Å²) in [5.74, 6) is 0.535. The Labute approximate surface area is 89.5 Å². The number of rotatable bonds is 3. The fourth-order valence-electron chi connectivity index (χ4n) is 1.75. The monoisotopic (exact) mass is 226 g/mol. The molecule has 0 radical (unpaired) electrons. The predicted molar refractivity (Wildman–Crippen MR) is 57.9 cm³/mol. The van der Waals surface area contributed by atoms with Crippen molar-refractivity contribution in [3.05, 3.63) is 29.8 Å². The lowest BCUT2D eigenvalue weighted by Crippen LogP contribution is -2.43. The van der Waals surface area contributed by atoms with Gasteiger partial charge in [-0.25, -0.2) is 13.6 Å². The van der Waals surface area contributed by atoms with Gasteiger partial charge in [-0.2, -0.15) is 0 Å². The van der Waals surface area contributed by atoms with Gasteiger partial charge in [0.2, 0.25) is 10.0 Å². The first-order valence-electron chi connectivity index (χ1n) is 4.89. The second kappa shape index (κ2) is 3.92. The lowest BCUT2D eigenvalue weighted by Gasteiger charge is -2.27. The van der Waals surface area contributed by atoms with Crippen LogP contribution >= 0.6 is 0 Å². The van der Waals surface area contributed by atoms with Gasteiger partial charge in [0.15, 0.2) is 0 Å². The quantitative estimate of drug-likeness (QED) is 0.767. The van der Waals surface area contributed by atoms with Crippen molar-refractivity contribution in [2.24, 2.45) is 11.1 Å². The van der Waals surface area contributed by atoms with Crippen LogP contribution in [0.5, 0.6) is 0 Å². The first-order chi connectivity index (χ1) is 7.07. The van der Waals surface area contributed by atoms with Crippen LogP contribution in [0.2, 0.25) is 0 Å². The van der Waals surface area contributed by atoms with E-state index < -0.39 is 10.0 Å². The Morgan fingerprint density at radius 1 is 1.33 bits per heavy atom. The summed E-state index contributed by atoms with van der Waals surface area (Å²) in [6.45, 7) is 1.91. The number of primary sulfonamides is 1. The minimum Gasteiger partial charge on any atom is -0.316 e. The van der Waals surface area contributed by atoms with E-state index in [1.807, 2.05) is 12.1 Å². The maximum atomic E-state index is 11.3. The van der Waals surface area contributed by atoms with Crippen LogP contribution in [0, 0.1) is 5.92 Å². The largest absolute Gasteiger partial charge is 0.316 e. The van der Waals surface area contributed by atoms with Crippen LogP contribution in [0.3, 0.4) is 0 Å². The summed E-state index contributed by atoms with van der Waals surface area (Å²) in [6, 6.07) is 6.94. The normalized spacial score (nSPS) is 17.4. The topological polar surface area (TPSA) is 72.2 Å². The average Bonchev–Trinajstić information content (AvgIpc) is 2.10. The summed E-state index contributed by atoms with van der Waals surface area (Å²) >= 11 is 0. The van der Waals surface area contributed by atoms with Gasteiger partial charge in [-0.05, 0) is 37.1 Å². The highest BCUT2D eigenvalue weighted by Gasteiger charge is 2.20. The highest BCUT2D eigenvalue weighted by atomic mass is 32.2. The second-order valence-corrected chi connectivity index (χ2v) is 5.41. The summed E-state index contributed by atoms with van der Waals surface area (Å²) in [4.78, 5) is 0.261. The SMILES string of the molecule is NS(=O)(=O)c1ccccc1CC1CNC1. The molecular weight excluding hydrogens is 212 g/mol. The Morgan fingerprint density at radius 2 is 2.00 bits per heavy atom. The molecule has 0 amide bonds. The van der Waals surface area contributed by atoms with Crippen LogP contribution in [-0.2, 0) is 16.4 Å². The highest BCUT2D eigenvalue weighted by Crippen LogP contribution is 2.19. The van der Waals surface area contributed by atoms with Gasteiger partial charge in [-0.1, -0.05) is 18.2 Å². The molecule has 1 aliphatic heterocycles. The second-order valence-electron chi connectivity index (χ2n) is 3.88. The molecule has 0 bridgehead atoms. The average molecular weight is 226 g/mol. The maximum absolute atomic E-state index is 11.3. The molecule has 1 aromatic rings. The van der Waals surface area contributed by atoms with Crippen LogP contribution in [0.15, 0.2) is 29.2 Å². The van der Waals surface area contributed by atoms with Crippen LogP contribution in [0.1, 0.15) is 5.56 Å². The molecule has 1 aliphatic rings. The number of nitrogens with one attached hydrogen (secondary N) is 1. The van der Waals surface area contributed by atoms with Crippen LogP contribution in [-0.4, -0.2) is 21.5 Å². The van der Waals surface area contributed by atoms with E-state index in [0.29, 0.717) is 5.92 Å². The van der Waals surface area contributed by atoms with Crippen molar-refractivity contribution >= 4 is 10.0 Å². The van der Waals surface area contributed by atoms with Crippen molar-refractivity contribution in [1.82, 2.24) is 5.32 Å². The van der Waals surface area contributed by atoms with Crippen molar-refractivity contribution in [1.29, 1.82) is 0 Å². The van der Waals surface area contributed by atoms with E-state index >= 15 is 0 Å². The van der Waals surface area contributed by atoms with Crippen molar-refractivity contribution in [3.8, 4) is 0 Å². The number of hydrogen-bond acceptors (Lipinski definition) is 3. The molecule has 0 aliphatic carbocycles. The summed E-state index contributed by atoms with van der Waals surface area (Å²) < 4.78 is 22.6. The van der Waals surface area contributed by atoms with E-state index in [0.717, 1.165) is 25.1 Å². The van der Waals surface area contributed by atoms with Gasteiger partial charge in [0.1, 0.15) is 0 Å². The molecule has 1 aromatic carbocycles.